The molecule has 17 heavy (non-hydrogen) atoms. The summed E-state index contributed by atoms with van der Waals surface area (Å²) in [6.07, 6.45) is 0. The van der Waals surface area contributed by atoms with Crippen molar-refractivity contribution < 1.29 is 23.0 Å². The van der Waals surface area contributed by atoms with Gasteiger partial charge in [-0.15, -0.1) is 0 Å². The molecule has 2 N–H and O–H groups in total. The fourth-order valence-corrected chi connectivity index (χ4v) is 1.39. The van der Waals surface area contributed by atoms with Crippen LogP contribution in [0.4, 0.5) is 14.5 Å². The zero-order valence-corrected chi connectivity index (χ0v) is 9.63. The maximum atomic E-state index is 12.2. The van der Waals surface area contributed by atoms with E-state index in [0.29, 0.717) is 0 Å². The second kappa shape index (κ2) is 5.67. The molecule has 94 valence electrons. The Morgan fingerprint density at radius 3 is 2.71 bits per heavy atom. The summed E-state index contributed by atoms with van der Waals surface area (Å²) in [7, 11) is 0. The fraction of sp³-hybridized carbons (Fsp3) is 0.300. The first-order valence-electron chi connectivity index (χ1n) is 4.67. The molecule has 0 unspecified atom stereocenters. The molecule has 0 radical (unpaired) electrons. The van der Waals surface area contributed by atoms with Crippen LogP contribution in [0.15, 0.2) is 12.1 Å². The number of carbonyl (C=O) groups is 1. The van der Waals surface area contributed by atoms with Crippen molar-refractivity contribution in [1.82, 2.24) is 0 Å². The van der Waals surface area contributed by atoms with Crippen LogP contribution in [0.25, 0.3) is 0 Å². The van der Waals surface area contributed by atoms with Crippen LogP contribution in [0.2, 0.25) is 5.02 Å². The van der Waals surface area contributed by atoms with E-state index in [1.807, 2.05) is 0 Å². The second-order valence-corrected chi connectivity index (χ2v) is 3.35. The van der Waals surface area contributed by atoms with Gasteiger partial charge >= 0.3 is 12.6 Å². The molecule has 0 aliphatic heterocycles. The van der Waals surface area contributed by atoms with E-state index >= 15 is 0 Å². The maximum Gasteiger partial charge on any atom is 0.387 e. The molecule has 0 amide bonds. The summed E-state index contributed by atoms with van der Waals surface area (Å²) in [6, 6.07) is 2.57. The highest BCUT2D eigenvalue weighted by atomic mass is 35.5. The molecule has 0 fully saturated rings. The van der Waals surface area contributed by atoms with Gasteiger partial charge in [-0.25, -0.2) is 4.79 Å². The minimum Gasteiger partial charge on any atom is -0.462 e. The predicted molar refractivity (Wildman–Crippen MR) is 58.5 cm³/mol. The molecule has 0 aliphatic rings. The SMILES string of the molecule is CCOC(=O)c1c(N)ccc(Cl)c1OC(F)F. The Labute approximate surface area is 101 Å². The molecule has 0 bridgehead atoms. The molecular formula is C10H10ClF2NO3. The summed E-state index contributed by atoms with van der Waals surface area (Å²) >= 11 is 5.67. The highest BCUT2D eigenvalue weighted by Gasteiger charge is 2.22. The lowest BCUT2D eigenvalue weighted by Gasteiger charge is -2.13. The normalized spacial score (nSPS) is 10.4. The number of benzene rings is 1. The Morgan fingerprint density at radius 1 is 1.53 bits per heavy atom. The molecule has 1 aromatic rings. The Hall–Kier alpha value is -1.56. The number of hydrogen-bond acceptors (Lipinski definition) is 4. The van der Waals surface area contributed by atoms with E-state index in [4.69, 9.17) is 17.3 Å². The zero-order chi connectivity index (χ0) is 13.0. The number of alkyl halides is 2. The van der Waals surface area contributed by atoms with Gasteiger partial charge in [0, 0.05) is 0 Å². The summed E-state index contributed by atoms with van der Waals surface area (Å²) in [6.45, 7) is -1.45. The Kier molecular flexibility index (Phi) is 4.51. The van der Waals surface area contributed by atoms with Crippen LogP contribution >= 0.6 is 11.6 Å². The number of rotatable bonds is 4. The van der Waals surface area contributed by atoms with E-state index in [9.17, 15) is 13.6 Å². The Bertz CT molecular complexity index is 426. The highest BCUT2D eigenvalue weighted by Crippen LogP contribution is 2.34. The third-order valence-corrected chi connectivity index (χ3v) is 2.13. The average Bonchev–Trinajstić information content (AvgIpc) is 2.23. The lowest BCUT2D eigenvalue weighted by atomic mass is 10.1. The van der Waals surface area contributed by atoms with Crippen molar-refractivity contribution in [3.63, 3.8) is 0 Å². The van der Waals surface area contributed by atoms with Gasteiger partial charge < -0.3 is 15.2 Å². The first kappa shape index (κ1) is 13.5. The number of carbonyl (C=O) groups excluding carboxylic acids is 1. The van der Waals surface area contributed by atoms with Gasteiger partial charge in [-0.05, 0) is 19.1 Å². The molecule has 4 nitrogen and oxygen atoms in total. The summed E-state index contributed by atoms with van der Waals surface area (Å²) in [5.41, 5.74) is 5.18. The van der Waals surface area contributed by atoms with Gasteiger partial charge in [0.2, 0.25) is 0 Å². The molecule has 0 atom stereocenters. The second-order valence-electron chi connectivity index (χ2n) is 2.94. The first-order valence-corrected chi connectivity index (χ1v) is 5.05. The topological polar surface area (TPSA) is 61.5 Å². The van der Waals surface area contributed by atoms with Crippen LogP contribution in [0.5, 0.6) is 5.75 Å². The number of nitrogen functional groups attached to an aromatic ring is 1. The molecular weight excluding hydrogens is 256 g/mol. The van der Waals surface area contributed by atoms with Crippen LogP contribution < -0.4 is 10.5 Å². The summed E-state index contributed by atoms with van der Waals surface area (Å²) in [5.74, 6) is -1.33. The van der Waals surface area contributed by atoms with Gasteiger partial charge in [0.15, 0.2) is 5.75 Å². The quantitative estimate of drug-likeness (QED) is 0.672. The number of esters is 1. The monoisotopic (exact) mass is 265 g/mol. The van der Waals surface area contributed by atoms with Crippen molar-refractivity contribution in [3.05, 3.63) is 22.7 Å². The molecule has 0 heterocycles. The van der Waals surface area contributed by atoms with Crippen LogP contribution in [0.1, 0.15) is 17.3 Å². The van der Waals surface area contributed by atoms with E-state index in [-0.39, 0.29) is 22.9 Å². The van der Waals surface area contributed by atoms with Crippen molar-refractivity contribution in [2.75, 3.05) is 12.3 Å². The molecule has 0 aromatic heterocycles. The van der Waals surface area contributed by atoms with Gasteiger partial charge in [0.25, 0.3) is 0 Å². The molecule has 0 spiro atoms. The summed E-state index contributed by atoms with van der Waals surface area (Å²) in [5, 5.41) is -0.137. The van der Waals surface area contributed by atoms with Gasteiger partial charge in [0.05, 0.1) is 17.3 Å². The Morgan fingerprint density at radius 2 is 2.18 bits per heavy atom. The van der Waals surface area contributed by atoms with E-state index in [1.54, 1.807) is 6.92 Å². The minimum atomic E-state index is -3.11. The molecule has 7 heteroatoms. The molecule has 0 saturated heterocycles. The highest BCUT2D eigenvalue weighted by molar-refractivity contribution is 6.33. The lowest BCUT2D eigenvalue weighted by molar-refractivity contribution is -0.0503. The largest absolute Gasteiger partial charge is 0.462 e. The molecule has 1 rings (SSSR count). The number of halogens is 3. The fourth-order valence-electron chi connectivity index (χ4n) is 1.19. The summed E-state index contributed by atoms with van der Waals surface area (Å²) < 4.78 is 33.2. The number of nitrogens with two attached hydrogens (primary N) is 1. The van der Waals surface area contributed by atoms with Gasteiger partial charge in [-0.1, -0.05) is 11.6 Å². The molecule has 0 aliphatic carbocycles. The maximum absolute atomic E-state index is 12.2. The molecule has 1 aromatic carbocycles. The van der Waals surface area contributed by atoms with Crippen molar-refractivity contribution >= 4 is 23.3 Å². The summed E-state index contributed by atoms with van der Waals surface area (Å²) in [4.78, 5) is 11.5. The Balaban J connectivity index is 3.24. The van der Waals surface area contributed by atoms with E-state index < -0.39 is 18.3 Å². The van der Waals surface area contributed by atoms with Crippen LogP contribution in [0.3, 0.4) is 0 Å². The van der Waals surface area contributed by atoms with E-state index in [0.717, 1.165) is 0 Å². The van der Waals surface area contributed by atoms with E-state index in [1.165, 1.54) is 12.1 Å². The number of hydrogen-bond donors (Lipinski definition) is 1. The number of anilines is 1. The third kappa shape index (κ3) is 3.20. The van der Waals surface area contributed by atoms with Crippen molar-refractivity contribution in [2.45, 2.75) is 13.5 Å². The van der Waals surface area contributed by atoms with Gasteiger partial charge in [-0.3, -0.25) is 0 Å². The van der Waals surface area contributed by atoms with Gasteiger partial charge in [0.1, 0.15) is 5.56 Å². The van der Waals surface area contributed by atoms with Gasteiger partial charge in [-0.2, -0.15) is 8.78 Å². The van der Waals surface area contributed by atoms with Crippen LogP contribution in [-0.4, -0.2) is 19.2 Å². The minimum absolute atomic E-state index is 0.0384. The lowest BCUT2D eigenvalue weighted by Crippen LogP contribution is -2.13. The van der Waals surface area contributed by atoms with Crippen LogP contribution in [-0.2, 0) is 4.74 Å². The van der Waals surface area contributed by atoms with Crippen LogP contribution in [0, 0.1) is 0 Å². The van der Waals surface area contributed by atoms with Crippen molar-refractivity contribution in [3.8, 4) is 5.75 Å². The predicted octanol–water partition coefficient (Wildman–Crippen LogP) is 2.70. The van der Waals surface area contributed by atoms with Crippen molar-refractivity contribution in [1.29, 1.82) is 0 Å². The van der Waals surface area contributed by atoms with Crippen molar-refractivity contribution in [2.24, 2.45) is 0 Å². The van der Waals surface area contributed by atoms with E-state index in [2.05, 4.69) is 9.47 Å². The third-order valence-electron chi connectivity index (χ3n) is 1.83. The zero-order valence-electron chi connectivity index (χ0n) is 8.88. The smallest absolute Gasteiger partial charge is 0.387 e. The standard InChI is InChI=1S/C10H10ClF2NO3/c1-2-16-9(15)7-6(14)4-3-5(11)8(7)17-10(12)13/h3-4,10H,2,14H2,1H3. The molecule has 0 saturated carbocycles. The first-order chi connectivity index (χ1) is 7.97. The average molecular weight is 266 g/mol. The number of ether oxygens (including phenoxy) is 2.